The highest BCUT2D eigenvalue weighted by Crippen LogP contribution is 2.26. The molecule has 0 aliphatic carbocycles. The minimum Gasteiger partial charge on any atom is -0.481 e. The average molecular weight is 372 g/mol. The fraction of sp³-hybridized carbons (Fsp3) is 0.409. The Kier molecular flexibility index (Phi) is 8.05. The quantitative estimate of drug-likeness (QED) is 0.635. The summed E-state index contributed by atoms with van der Waals surface area (Å²) in [7, 11) is 0. The zero-order chi connectivity index (χ0) is 18.9. The molecular weight excluding hydrogens is 342 g/mol. The van der Waals surface area contributed by atoms with Crippen LogP contribution in [0.4, 0.5) is 0 Å². The molecule has 0 unspecified atom stereocenters. The molecule has 1 amide bonds. The van der Waals surface area contributed by atoms with Gasteiger partial charge in [0.2, 0.25) is 0 Å². The molecule has 140 valence electrons. The molecular formula is C22H29NO2S. The van der Waals surface area contributed by atoms with E-state index in [1.807, 2.05) is 36.0 Å². The monoisotopic (exact) mass is 371 g/mol. The molecule has 0 fully saturated rings. The van der Waals surface area contributed by atoms with Crippen molar-refractivity contribution in [2.75, 3.05) is 12.3 Å². The van der Waals surface area contributed by atoms with Gasteiger partial charge in [-0.1, -0.05) is 61.9 Å². The molecule has 4 heteroatoms. The van der Waals surface area contributed by atoms with Crippen LogP contribution in [-0.2, 0) is 10.5 Å². The summed E-state index contributed by atoms with van der Waals surface area (Å²) in [6.45, 7) is 8.80. The van der Waals surface area contributed by atoms with E-state index in [-0.39, 0.29) is 5.91 Å². The molecule has 2 rings (SSSR count). The molecule has 0 saturated carbocycles. The Labute approximate surface area is 161 Å². The van der Waals surface area contributed by atoms with Crippen LogP contribution in [0.1, 0.15) is 43.4 Å². The largest absolute Gasteiger partial charge is 0.481 e. The minimum atomic E-state index is -0.503. The number of ether oxygens (including phenoxy) is 1. The van der Waals surface area contributed by atoms with E-state index in [0.29, 0.717) is 12.5 Å². The van der Waals surface area contributed by atoms with Crippen molar-refractivity contribution < 1.29 is 9.53 Å². The number of hydrogen-bond donors (Lipinski definition) is 1. The maximum Gasteiger partial charge on any atom is 0.260 e. The number of benzene rings is 2. The molecule has 1 atom stereocenters. The van der Waals surface area contributed by atoms with E-state index in [0.717, 1.165) is 22.8 Å². The SMILES string of the molecule is Cc1cccc(CSCCNC(=O)[C@@H](C)Oc2ccccc2C(C)C)c1. The van der Waals surface area contributed by atoms with Gasteiger partial charge in [0.15, 0.2) is 6.10 Å². The number of rotatable bonds is 9. The second kappa shape index (κ2) is 10.3. The molecule has 1 N–H and O–H groups in total. The van der Waals surface area contributed by atoms with Crippen molar-refractivity contribution in [3.8, 4) is 5.75 Å². The third kappa shape index (κ3) is 6.41. The van der Waals surface area contributed by atoms with Crippen molar-refractivity contribution in [1.29, 1.82) is 0 Å². The zero-order valence-corrected chi connectivity index (χ0v) is 16.9. The topological polar surface area (TPSA) is 38.3 Å². The van der Waals surface area contributed by atoms with Gasteiger partial charge in [-0.25, -0.2) is 0 Å². The Balaban J connectivity index is 1.72. The van der Waals surface area contributed by atoms with Crippen LogP contribution in [-0.4, -0.2) is 24.3 Å². The maximum atomic E-state index is 12.3. The summed E-state index contributed by atoms with van der Waals surface area (Å²) < 4.78 is 5.89. The summed E-state index contributed by atoms with van der Waals surface area (Å²) in [4.78, 5) is 12.3. The standard InChI is InChI=1S/C22H29NO2S/c1-16(2)20-10-5-6-11-21(20)25-18(4)22(24)23-12-13-26-15-19-9-7-8-17(3)14-19/h5-11,14,16,18H,12-13,15H2,1-4H3,(H,23,24)/t18-/m1/s1. The van der Waals surface area contributed by atoms with Gasteiger partial charge in [-0.3, -0.25) is 4.79 Å². The summed E-state index contributed by atoms with van der Waals surface area (Å²) >= 11 is 1.82. The fourth-order valence-corrected chi connectivity index (χ4v) is 3.50. The number of nitrogens with one attached hydrogen (secondary N) is 1. The Bertz CT molecular complexity index is 715. The Morgan fingerprint density at radius 1 is 1.12 bits per heavy atom. The van der Waals surface area contributed by atoms with E-state index >= 15 is 0 Å². The first-order valence-corrected chi connectivity index (χ1v) is 10.3. The number of aryl methyl sites for hydroxylation is 1. The number of amides is 1. The van der Waals surface area contributed by atoms with Gasteiger partial charge < -0.3 is 10.1 Å². The van der Waals surface area contributed by atoms with Gasteiger partial charge in [-0.05, 0) is 37.0 Å². The predicted octanol–water partition coefficient (Wildman–Crippen LogP) is 4.94. The van der Waals surface area contributed by atoms with Crippen LogP contribution in [0.25, 0.3) is 0 Å². The van der Waals surface area contributed by atoms with Crippen LogP contribution in [0.5, 0.6) is 5.75 Å². The van der Waals surface area contributed by atoms with Crippen molar-refractivity contribution in [3.63, 3.8) is 0 Å². The highest BCUT2D eigenvalue weighted by Gasteiger charge is 2.16. The lowest BCUT2D eigenvalue weighted by atomic mass is 10.0. The molecule has 0 heterocycles. The van der Waals surface area contributed by atoms with E-state index in [4.69, 9.17) is 4.74 Å². The average Bonchev–Trinajstić information content (AvgIpc) is 2.61. The minimum absolute atomic E-state index is 0.0697. The second-order valence-corrected chi connectivity index (χ2v) is 7.89. The Morgan fingerprint density at radius 3 is 2.62 bits per heavy atom. The molecule has 0 spiro atoms. The van der Waals surface area contributed by atoms with Crippen molar-refractivity contribution in [1.82, 2.24) is 5.32 Å². The zero-order valence-electron chi connectivity index (χ0n) is 16.1. The lowest BCUT2D eigenvalue weighted by Crippen LogP contribution is -2.37. The van der Waals surface area contributed by atoms with E-state index in [2.05, 4.69) is 50.4 Å². The molecule has 0 aromatic heterocycles. The number of carbonyl (C=O) groups excluding carboxylic acids is 1. The highest BCUT2D eigenvalue weighted by molar-refractivity contribution is 7.98. The van der Waals surface area contributed by atoms with Crippen LogP contribution in [0, 0.1) is 6.92 Å². The van der Waals surface area contributed by atoms with Crippen LogP contribution in [0.15, 0.2) is 48.5 Å². The third-order valence-electron chi connectivity index (χ3n) is 4.11. The molecule has 2 aromatic rings. The van der Waals surface area contributed by atoms with E-state index in [1.165, 1.54) is 11.1 Å². The Morgan fingerprint density at radius 2 is 1.88 bits per heavy atom. The molecule has 0 bridgehead atoms. The van der Waals surface area contributed by atoms with Gasteiger partial charge in [0.25, 0.3) is 5.91 Å². The lowest BCUT2D eigenvalue weighted by Gasteiger charge is -2.18. The van der Waals surface area contributed by atoms with Crippen molar-refractivity contribution >= 4 is 17.7 Å². The van der Waals surface area contributed by atoms with Crippen LogP contribution >= 0.6 is 11.8 Å². The number of para-hydroxylation sites is 1. The molecule has 0 aliphatic heterocycles. The Hall–Kier alpha value is -1.94. The van der Waals surface area contributed by atoms with Crippen molar-refractivity contribution in [2.45, 2.75) is 45.5 Å². The second-order valence-electron chi connectivity index (χ2n) is 6.79. The maximum absolute atomic E-state index is 12.3. The van der Waals surface area contributed by atoms with E-state index in [9.17, 15) is 4.79 Å². The van der Waals surface area contributed by atoms with E-state index < -0.39 is 6.10 Å². The highest BCUT2D eigenvalue weighted by atomic mass is 32.2. The van der Waals surface area contributed by atoms with Gasteiger partial charge in [0.1, 0.15) is 5.75 Å². The number of carbonyl (C=O) groups is 1. The molecule has 2 aromatic carbocycles. The number of hydrogen-bond acceptors (Lipinski definition) is 3. The first kappa shape index (κ1) is 20.4. The summed E-state index contributed by atoms with van der Waals surface area (Å²) in [5.74, 6) is 2.93. The van der Waals surface area contributed by atoms with Crippen LogP contribution in [0.3, 0.4) is 0 Å². The van der Waals surface area contributed by atoms with Gasteiger partial charge in [-0.2, -0.15) is 11.8 Å². The summed E-state index contributed by atoms with van der Waals surface area (Å²) in [6, 6.07) is 16.4. The normalized spacial score (nSPS) is 12.0. The first-order valence-electron chi connectivity index (χ1n) is 9.14. The summed E-state index contributed by atoms with van der Waals surface area (Å²) in [5, 5.41) is 2.96. The number of thioether (sulfide) groups is 1. The predicted molar refractivity (Wildman–Crippen MR) is 111 cm³/mol. The van der Waals surface area contributed by atoms with Crippen molar-refractivity contribution in [3.05, 3.63) is 65.2 Å². The summed E-state index contributed by atoms with van der Waals surface area (Å²) in [6.07, 6.45) is -0.503. The van der Waals surface area contributed by atoms with Crippen LogP contribution < -0.4 is 10.1 Å². The molecule has 26 heavy (non-hydrogen) atoms. The van der Waals surface area contributed by atoms with Crippen molar-refractivity contribution in [2.24, 2.45) is 0 Å². The van der Waals surface area contributed by atoms with Gasteiger partial charge in [0.05, 0.1) is 0 Å². The van der Waals surface area contributed by atoms with Gasteiger partial charge in [-0.15, -0.1) is 0 Å². The lowest BCUT2D eigenvalue weighted by molar-refractivity contribution is -0.127. The molecule has 3 nitrogen and oxygen atoms in total. The first-order chi connectivity index (χ1) is 12.5. The summed E-state index contributed by atoms with van der Waals surface area (Å²) in [5.41, 5.74) is 3.73. The van der Waals surface area contributed by atoms with Crippen LogP contribution in [0.2, 0.25) is 0 Å². The molecule has 0 aliphatic rings. The van der Waals surface area contributed by atoms with Gasteiger partial charge >= 0.3 is 0 Å². The molecule has 0 radical (unpaired) electrons. The smallest absolute Gasteiger partial charge is 0.260 e. The van der Waals surface area contributed by atoms with Gasteiger partial charge in [0, 0.05) is 18.1 Å². The van der Waals surface area contributed by atoms with E-state index in [1.54, 1.807) is 6.92 Å². The molecule has 0 saturated heterocycles. The fourth-order valence-electron chi connectivity index (χ4n) is 2.69. The third-order valence-corrected chi connectivity index (χ3v) is 5.14.